The lowest BCUT2D eigenvalue weighted by Gasteiger charge is -2.35. The van der Waals surface area contributed by atoms with Gasteiger partial charge in [0.15, 0.2) is 11.5 Å². The molecule has 0 aliphatic carbocycles. The van der Waals surface area contributed by atoms with Gasteiger partial charge in [0.25, 0.3) is 0 Å². The van der Waals surface area contributed by atoms with E-state index < -0.39 is 0 Å². The third kappa shape index (κ3) is 3.44. The predicted molar refractivity (Wildman–Crippen MR) is 91.4 cm³/mol. The summed E-state index contributed by atoms with van der Waals surface area (Å²) in [5.74, 6) is 0.689. The van der Waals surface area contributed by atoms with Crippen molar-refractivity contribution in [1.82, 2.24) is 24.6 Å². The number of anilines is 1. The van der Waals surface area contributed by atoms with E-state index in [1.165, 1.54) is 5.56 Å². The Labute approximate surface area is 141 Å². The molecule has 1 aliphatic rings. The van der Waals surface area contributed by atoms with Crippen molar-refractivity contribution in [2.24, 2.45) is 0 Å². The monoisotopic (exact) mass is 323 g/mol. The van der Waals surface area contributed by atoms with Crippen LogP contribution in [0.25, 0.3) is 0 Å². The Morgan fingerprint density at radius 2 is 2.00 bits per heavy atom. The summed E-state index contributed by atoms with van der Waals surface area (Å²) >= 11 is 0. The van der Waals surface area contributed by atoms with Crippen molar-refractivity contribution in [3.05, 3.63) is 48.2 Å². The molecule has 7 nitrogen and oxygen atoms in total. The first-order valence-corrected chi connectivity index (χ1v) is 8.03. The van der Waals surface area contributed by atoms with Crippen LogP contribution in [0.15, 0.2) is 31.2 Å². The normalized spacial score (nSPS) is 15.2. The lowest BCUT2D eigenvalue weighted by atomic mass is 10.2. The quantitative estimate of drug-likeness (QED) is 0.774. The molecular weight excluding hydrogens is 302 g/mol. The van der Waals surface area contributed by atoms with Gasteiger partial charge >= 0.3 is 0 Å². The van der Waals surface area contributed by atoms with E-state index in [4.69, 9.17) is 5.26 Å². The number of nitrogens with zero attached hydrogens (tertiary/aromatic N) is 7. The molecule has 0 amide bonds. The fraction of sp³-hybridized carbons (Fsp3) is 0.412. The van der Waals surface area contributed by atoms with E-state index in [1.807, 2.05) is 17.7 Å². The Bertz CT molecular complexity index is 751. The number of hydrogen-bond donors (Lipinski definition) is 0. The van der Waals surface area contributed by atoms with Crippen LogP contribution in [0.1, 0.15) is 17.0 Å². The standard InChI is InChI=1S/C17H21N7/c1-3-6-24-13-15(14(2)21-24)12-22-7-9-23(10-8-22)17-16(11-18)19-4-5-20-17/h3-5,13H,1,6-10,12H2,2H3. The predicted octanol–water partition coefficient (Wildman–Crippen LogP) is 1.36. The molecule has 2 aromatic heterocycles. The van der Waals surface area contributed by atoms with E-state index in [2.05, 4.69) is 43.7 Å². The van der Waals surface area contributed by atoms with E-state index in [9.17, 15) is 0 Å². The van der Waals surface area contributed by atoms with E-state index >= 15 is 0 Å². The Balaban J connectivity index is 1.61. The number of aryl methyl sites for hydroxylation is 1. The number of hydrogen-bond acceptors (Lipinski definition) is 6. The minimum Gasteiger partial charge on any atom is -0.352 e. The van der Waals surface area contributed by atoms with Gasteiger partial charge in [0.2, 0.25) is 0 Å². The maximum Gasteiger partial charge on any atom is 0.183 e. The van der Waals surface area contributed by atoms with Gasteiger partial charge in [-0.25, -0.2) is 9.97 Å². The molecule has 0 spiro atoms. The van der Waals surface area contributed by atoms with Crippen LogP contribution in [0.4, 0.5) is 5.82 Å². The van der Waals surface area contributed by atoms with Gasteiger partial charge in [-0.05, 0) is 6.92 Å². The Kier molecular flexibility index (Phi) is 4.87. The summed E-state index contributed by atoms with van der Waals surface area (Å²) in [7, 11) is 0. The van der Waals surface area contributed by atoms with Crippen LogP contribution in [-0.4, -0.2) is 50.8 Å². The van der Waals surface area contributed by atoms with Crippen molar-refractivity contribution in [1.29, 1.82) is 5.26 Å². The molecular formula is C17H21N7. The topological polar surface area (TPSA) is 73.9 Å². The molecule has 3 heterocycles. The molecule has 2 aromatic rings. The van der Waals surface area contributed by atoms with Crippen molar-refractivity contribution in [2.45, 2.75) is 20.0 Å². The highest BCUT2D eigenvalue weighted by molar-refractivity contribution is 5.49. The van der Waals surface area contributed by atoms with E-state index in [-0.39, 0.29) is 0 Å². The minimum atomic E-state index is 0.396. The second kappa shape index (κ2) is 7.23. The fourth-order valence-electron chi connectivity index (χ4n) is 2.94. The van der Waals surface area contributed by atoms with Crippen molar-refractivity contribution < 1.29 is 0 Å². The molecule has 0 radical (unpaired) electrons. The SMILES string of the molecule is C=CCn1cc(CN2CCN(c3nccnc3C#N)CC2)c(C)n1. The molecule has 24 heavy (non-hydrogen) atoms. The Hall–Kier alpha value is -2.72. The maximum absolute atomic E-state index is 9.17. The number of aromatic nitrogens is 4. The molecule has 0 unspecified atom stereocenters. The van der Waals surface area contributed by atoms with Crippen LogP contribution in [0.3, 0.4) is 0 Å². The van der Waals surface area contributed by atoms with Crippen LogP contribution in [0.2, 0.25) is 0 Å². The van der Waals surface area contributed by atoms with E-state index in [0.29, 0.717) is 11.5 Å². The summed E-state index contributed by atoms with van der Waals surface area (Å²) in [5, 5.41) is 13.7. The molecule has 124 valence electrons. The molecule has 7 heteroatoms. The highest BCUT2D eigenvalue weighted by Gasteiger charge is 2.21. The highest BCUT2D eigenvalue weighted by Crippen LogP contribution is 2.18. The summed E-state index contributed by atoms with van der Waals surface area (Å²) in [6.45, 7) is 11.0. The second-order valence-corrected chi connectivity index (χ2v) is 5.85. The molecule has 0 saturated carbocycles. The largest absolute Gasteiger partial charge is 0.352 e. The first-order chi connectivity index (χ1) is 11.7. The first kappa shape index (κ1) is 16.1. The van der Waals surface area contributed by atoms with Gasteiger partial charge in [0.1, 0.15) is 6.07 Å². The summed E-state index contributed by atoms with van der Waals surface area (Å²) in [4.78, 5) is 13.0. The van der Waals surface area contributed by atoms with Crippen LogP contribution < -0.4 is 4.90 Å². The summed E-state index contributed by atoms with van der Waals surface area (Å²) in [6.07, 6.45) is 7.14. The van der Waals surface area contributed by atoms with Crippen molar-refractivity contribution in [2.75, 3.05) is 31.1 Å². The lowest BCUT2D eigenvalue weighted by Crippen LogP contribution is -2.46. The lowest BCUT2D eigenvalue weighted by molar-refractivity contribution is 0.248. The van der Waals surface area contributed by atoms with Crippen molar-refractivity contribution in [3.63, 3.8) is 0 Å². The van der Waals surface area contributed by atoms with Gasteiger partial charge in [-0.2, -0.15) is 10.4 Å². The fourth-order valence-corrected chi connectivity index (χ4v) is 2.94. The van der Waals surface area contributed by atoms with Gasteiger partial charge in [0.05, 0.1) is 12.2 Å². The van der Waals surface area contributed by atoms with Crippen molar-refractivity contribution >= 4 is 5.82 Å². The van der Waals surface area contributed by atoms with Gasteiger partial charge in [-0.15, -0.1) is 6.58 Å². The molecule has 1 fully saturated rings. The highest BCUT2D eigenvalue weighted by atomic mass is 15.3. The molecule has 0 bridgehead atoms. The van der Waals surface area contributed by atoms with E-state index in [1.54, 1.807) is 12.4 Å². The zero-order valence-electron chi connectivity index (χ0n) is 13.9. The van der Waals surface area contributed by atoms with Crippen LogP contribution in [0.5, 0.6) is 0 Å². The average molecular weight is 323 g/mol. The summed E-state index contributed by atoms with van der Waals surface area (Å²) < 4.78 is 1.92. The maximum atomic E-state index is 9.17. The van der Waals surface area contributed by atoms with Crippen molar-refractivity contribution in [3.8, 4) is 6.07 Å². The third-order valence-corrected chi connectivity index (χ3v) is 4.21. The van der Waals surface area contributed by atoms with Crippen LogP contribution >= 0.6 is 0 Å². The van der Waals surface area contributed by atoms with Gasteiger partial charge in [-0.1, -0.05) is 6.08 Å². The molecule has 1 aliphatic heterocycles. The number of piperazine rings is 1. The first-order valence-electron chi connectivity index (χ1n) is 8.03. The molecule has 3 rings (SSSR count). The van der Waals surface area contributed by atoms with E-state index in [0.717, 1.165) is 45.0 Å². The summed E-state index contributed by atoms with van der Waals surface area (Å²) in [5.41, 5.74) is 2.72. The minimum absolute atomic E-state index is 0.396. The Morgan fingerprint density at radius 3 is 2.71 bits per heavy atom. The number of rotatable bonds is 5. The Morgan fingerprint density at radius 1 is 1.25 bits per heavy atom. The van der Waals surface area contributed by atoms with Gasteiger partial charge < -0.3 is 4.90 Å². The zero-order valence-corrected chi connectivity index (χ0v) is 13.9. The zero-order chi connectivity index (χ0) is 16.9. The van der Waals surface area contributed by atoms with Gasteiger partial charge in [-0.3, -0.25) is 9.58 Å². The van der Waals surface area contributed by atoms with Crippen LogP contribution in [0, 0.1) is 18.3 Å². The number of nitriles is 1. The second-order valence-electron chi connectivity index (χ2n) is 5.85. The molecule has 0 aromatic carbocycles. The molecule has 0 N–H and O–H groups in total. The smallest absolute Gasteiger partial charge is 0.183 e. The number of allylic oxidation sites excluding steroid dienone is 1. The van der Waals surface area contributed by atoms with Crippen LogP contribution in [-0.2, 0) is 13.1 Å². The molecule has 1 saturated heterocycles. The van der Waals surface area contributed by atoms with Gasteiger partial charge in [0, 0.05) is 56.9 Å². The summed E-state index contributed by atoms with van der Waals surface area (Å²) in [6, 6.07) is 2.12. The third-order valence-electron chi connectivity index (χ3n) is 4.21. The molecule has 0 atom stereocenters. The average Bonchev–Trinajstić information content (AvgIpc) is 2.95.